The third-order valence-corrected chi connectivity index (χ3v) is 8.74. The predicted octanol–water partition coefficient (Wildman–Crippen LogP) is 4.44. The van der Waals surface area contributed by atoms with E-state index in [9.17, 15) is 5.11 Å². The van der Waals surface area contributed by atoms with Crippen molar-refractivity contribution < 1.29 is 9.53 Å². The summed E-state index contributed by atoms with van der Waals surface area (Å²) < 4.78 is 6.46. The van der Waals surface area contributed by atoms with Crippen molar-refractivity contribution in [1.29, 1.82) is 0 Å². The van der Waals surface area contributed by atoms with Gasteiger partial charge in [0.25, 0.3) is 0 Å². The SMILES string of the molecule is CC(C)C(C[C@@H](O)C(C)C)O[Si](C)(C)C(C)(C)C. The van der Waals surface area contributed by atoms with Crippen molar-refractivity contribution in [3.05, 3.63) is 0 Å². The van der Waals surface area contributed by atoms with E-state index in [0.717, 1.165) is 6.42 Å². The highest BCUT2D eigenvalue weighted by Crippen LogP contribution is 2.38. The van der Waals surface area contributed by atoms with Gasteiger partial charge < -0.3 is 9.53 Å². The van der Waals surface area contributed by atoms with E-state index in [1.54, 1.807) is 0 Å². The van der Waals surface area contributed by atoms with Crippen molar-refractivity contribution >= 4 is 8.32 Å². The molecule has 0 spiro atoms. The molecule has 3 heteroatoms. The molecule has 18 heavy (non-hydrogen) atoms. The number of hydrogen-bond donors (Lipinski definition) is 1. The van der Waals surface area contributed by atoms with Crippen LogP contribution in [0.3, 0.4) is 0 Å². The minimum Gasteiger partial charge on any atom is -0.414 e. The first-order chi connectivity index (χ1) is 7.88. The number of aliphatic hydroxyl groups excluding tert-OH is 1. The molecule has 0 fully saturated rings. The summed E-state index contributed by atoms with van der Waals surface area (Å²) in [5, 5.41) is 10.3. The zero-order chi connectivity index (χ0) is 14.7. The standard InChI is InChI=1S/C15H34O2Si/c1-11(2)13(16)10-14(12(3)4)17-18(8,9)15(5,6)7/h11-14,16H,10H2,1-9H3/t13-,14?/m1/s1. The summed E-state index contributed by atoms with van der Waals surface area (Å²) in [6.07, 6.45) is 0.660. The Balaban J connectivity index is 4.74. The Morgan fingerprint density at radius 1 is 1.00 bits per heavy atom. The molecule has 0 aliphatic carbocycles. The van der Waals surface area contributed by atoms with Crippen LogP contribution in [0.4, 0.5) is 0 Å². The molecule has 1 N–H and O–H groups in total. The van der Waals surface area contributed by atoms with E-state index in [2.05, 4.69) is 61.6 Å². The largest absolute Gasteiger partial charge is 0.414 e. The number of rotatable bonds is 6. The lowest BCUT2D eigenvalue weighted by molar-refractivity contribution is 0.0386. The molecule has 0 aromatic heterocycles. The smallest absolute Gasteiger partial charge is 0.192 e. The first-order valence-electron chi connectivity index (χ1n) is 7.24. The summed E-state index contributed by atoms with van der Waals surface area (Å²) in [6.45, 7) is 19.8. The molecule has 2 nitrogen and oxygen atoms in total. The van der Waals surface area contributed by atoms with Crippen LogP contribution in [0.5, 0.6) is 0 Å². The lowest BCUT2D eigenvalue weighted by Crippen LogP contribution is -2.46. The van der Waals surface area contributed by atoms with Gasteiger partial charge in [0.1, 0.15) is 0 Å². The van der Waals surface area contributed by atoms with Gasteiger partial charge in [-0.2, -0.15) is 0 Å². The lowest BCUT2D eigenvalue weighted by atomic mass is 9.95. The van der Waals surface area contributed by atoms with E-state index in [0.29, 0.717) is 11.8 Å². The Bertz CT molecular complexity index is 241. The van der Waals surface area contributed by atoms with Crippen LogP contribution in [0, 0.1) is 11.8 Å². The molecule has 0 amide bonds. The van der Waals surface area contributed by atoms with E-state index in [1.807, 2.05) is 0 Å². The maximum absolute atomic E-state index is 10.1. The molecule has 0 radical (unpaired) electrons. The van der Waals surface area contributed by atoms with Gasteiger partial charge in [-0.25, -0.2) is 0 Å². The lowest BCUT2D eigenvalue weighted by Gasteiger charge is -2.41. The normalized spacial score (nSPS) is 17.3. The minimum absolute atomic E-state index is 0.170. The Kier molecular flexibility index (Phi) is 6.58. The van der Waals surface area contributed by atoms with Crippen LogP contribution in [0.15, 0.2) is 0 Å². The van der Waals surface area contributed by atoms with Crippen LogP contribution < -0.4 is 0 Å². The van der Waals surface area contributed by atoms with Gasteiger partial charge in [0.2, 0.25) is 0 Å². The molecule has 0 bridgehead atoms. The summed E-state index contributed by atoms with van der Waals surface area (Å²) in [5.41, 5.74) is 0. The van der Waals surface area contributed by atoms with Crippen LogP contribution in [0.1, 0.15) is 54.9 Å². The van der Waals surface area contributed by atoms with Gasteiger partial charge >= 0.3 is 0 Å². The quantitative estimate of drug-likeness (QED) is 0.726. The molecule has 0 saturated carbocycles. The second-order valence-corrected chi connectivity index (χ2v) is 12.5. The molecule has 0 aliphatic rings. The second kappa shape index (κ2) is 6.53. The summed E-state index contributed by atoms with van der Waals surface area (Å²) >= 11 is 0. The third-order valence-electron chi connectivity index (χ3n) is 4.24. The van der Waals surface area contributed by atoms with Gasteiger partial charge in [-0.1, -0.05) is 48.5 Å². The second-order valence-electron chi connectivity index (χ2n) is 7.71. The average molecular weight is 275 g/mol. The molecule has 1 unspecified atom stereocenters. The topological polar surface area (TPSA) is 29.5 Å². The van der Waals surface area contributed by atoms with Gasteiger partial charge in [-0.05, 0) is 36.4 Å². The van der Waals surface area contributed by atoms with Gasteiger partial charge in [0.05, 0.1) is 6.10 Å². The van der Waals surface area contributed by atoms with Crippen LogP contribution in [0.25, 0.3) is 0 Å². The van der Waals surface area contributed by atoms with Crippen LogP contribution in [0.2, 0.25) is 18.1 Å². The van der Waals surface area contributed by atoms with E-state index in [4.69, 9.17) is 4.43 Å². The number of hydrogen-bond acceptors (Lipinski definition) is 2. The van der Waals surface area contributed by atoms with Crippen LogP contribution in [-0.2, 0) is 4.43 Å². The first-order valence-corrected chi connectivity index (χ1v) is 10.1. The van der Waals surface area contributed by atoms with E-state index < -0.39 is 8.32 Å². The molecule has 110 valence electrons. The fourth-order valence-electron chi connectivity index (χ4n) is 1.52. The summed E-state index contributed by atoms with van der Waals surface area (Å²) in [5.74, 6) is 0.752. The van der Waals surface area contributed by atoms with Crippen molar-refractivity contribution in [2.45, 2.75) is 85.2 Å². The molecule has 0 saturated heterocycles. The molecular formula is C15H34O2Si. The van der Waals surface area contributed by atoms with Crippen molar-refractivity contribution in [2.75, 3.05) is 0 Å². The Hall–Kier alpha value is 0.137. The van der Waals surface area contributed by atoms with Crippen LogP contribution >= 0.6 is 0 Å². The number of aliphatic hydroxyl groups is 1. The zero-order valence-corrected chi connectivity index (χ0v) is 14.9. The first kappa shape index (κ1) is 18.1. The minimum atomic E-state index is -1.74. The molecule has 0 heterocycles. The maximum atomic E-state index is 10.1. The maximum Gasteiger partial charge on any atom is 0.192 e. The summed E-state index contributed by atoms with van der Waals surface area (Å²) in [6, 6.07) is 0. The summed E-state index contributed by atoms with van der Waals surface area (Å²) in [4.78, 5) is 0. The van der Waals surface area contributed by atoms with Crippen molar-refractivity contribution in [1.82, 2.24) is 0 Å². The fraction of sp³-hybridized carbons (Fsp3) is 1.00. The Morgan fingerprint density at radius 2 is 1.44 bits per heavy atom. The molecule has 0 aromatic rings. The highest BCUT2D eigenvalue weighted by atomic mass is 28.4. The third kappa shape index (κ3) is 5.41. The Morgan fingerprint density at radius 3 is 1.72 bits per heavy atom. The van der Waals surface area contributed by atoms with E-state index >= 15 is 0 Å². The highest BCUT2D eigenvalue weighted by molar-refractivity contribution is 6.74. The fourth-order valence-corrected chi connectivity index (χ4v) is 3.00. The zero-order valence-electron chi connectivity index (χ0n) is 13.9. The van der Waals surface area contributed by atoms with Gasteiger partial charge in [-0.15, -0.1) is 0 Å². The highest BCUT2D eigenvalue weighted by Gasteiger charge is 2.40. The predicted molar refractivity (Wildman–Crippen MR) is 82.4 cm³/mol. The van der Waals surface area contributed by atoms with Crippen molar-refractivity contribution in [3.63, 3.8) is 0 Å². The van der Waals surface area contributed by atoms with Crippen molar-refractivity contribution in [2.24, 2.45) is 11.8 Å². The molecule has 0 aliphatic heterocycles. The van der Waals surface area contributed by atoms with Gasteiger partial charge in [-0.3, -0.25) is 0 Å². The van der Waals surface area contributed by atoms with Gasteiger partial charge in [0, 0.05) is 6.10 Å². The average Bonchev–Trinajstić information content (AvgIpc) is 2.13. The van der Waals surface area contributed by atoms with Crippen molar-refractivity contribution in [3.8, 4) is 0 Å². The van der Waals surface area contributed by atoms with Gasteiger partial charge in [0.15, 0.2) is 8.32 Å². The van der Waals surface area contributed by atoms with E-state index in [1.165, 1.54) is 0 Å². The Labute approximate surface area is 115 Å². The molecule has 0 rings (SSSR count). The van der Waals surface area contributed by atoms with E-state index in [-0.39, 0.29) is 17.2 Å². The summed E-state index contributed by atoms with van der Waals surface area (Å²) in [7, 11) is -1.74. The monoisotopic (exact) mass is 274 g/mol. The molecule has 2 atom stereocenters. The molecular weight excluding hydrogens is 240 g/mol. The van der Waals surface area contributed by atoms with Crippen LogP contribution in [-0.4, -0.2) is 25.6 Å². The molecule has 0 aromatic carbocycles.